The zero-order valence-corrected chi connectivity index (χ0v) is 17.5. The number of ether oxygens (including phenoxy) is 1. The van der Waals surface area contributed by atoms with E-state index in [0.29, 0.717) is 18.7 Å². The molecule has 0 bridgehead atoms. The molecule has 2 N–H and O–H groups in total. The van der Waals surface area contributed by atoms with E-state index in [1.165, 1.54) is 16.7 Å². The van der Waals surface area contributed by atoms with Crippen LogP contribution in [0.25, 0.3) is 0 Å². The highest BCUT2D eigenvalue weighted by Gasteiger charge is 2.14. The van der Waals surface area contributed by atoms with Crippen LogP contribution in [0.1, 0.15) is 27.8 Å². The predicted octanol–water partition coefficient (Wildman–Crippen LogP) is 5.09. The summed E-state index contributed by atoms with van der Waals surface area (Å²) in [5.74, 6) is 0.820. The van der Waals surface area contributed by atoms with Gasteiger partial charge < -0.3 is 15.4 Å². The first-order valence-corrected chi connectivity index (χ1v) is 10.6. The van der Waals surface area contributed by atoms with Crippen LogP contribution in [0.3, 0.4) is 0 Å². The Balaban J connectivity index is 1.37. The van der Waals surface area contributed by atoms with Crippen LogP contribution in [-0.2, 0) is 26.0 Å². The average Bonchev–Trinajstić information content (AvgIpc) is 3.04. The fourth-order valence-electron chi connectivity index (χ4n) is 3.67. The maximum Gasteiger partial charge on any atom is 0.119 e. The molecule has 1 heterocycles. The van der Waals surface area contributed by atoms with Crippen LogP contribution in [0.4, 0.5) is 5.69 Å². The van der Waals surface area contributed by atoms with Crippen molar-refractivity contribution in [2.24, 2.45) is 0 Å². The second-order valence-corrected chi connectivity index (χ2v) is 7.81. The molecule has 3 aromatic rings. The smallest absolute Gasteiger partial charge is 0.119 e. The van der Waals surface area contributed by atoms with Crippen molar-refractivity contribution in [3.8, 4) is 11.8 Å². The zero-order chi connectivity index (χ0) is 20.8. The van der Waals surface area contributed by atoms with Gasteiger partial charge in [0.2, 0.25) is 0 Å². The lowest BCUT2D eigenvalue weighted by molar-refractivity contribution is 0.306. The Bertz CT molecular complexity index is 1040. The Morgan fingerprint density at radius 3 is 2.43 bits per heavy atom. The first-order chi connectivity index (χ1) is 14.7. The van der Waals surface area contributed by atoms with E-state index < -0.39 is 0 Å². The number of fused-ring (bicyclic) bond motifs is 1. The number of halogens is 1. The van der Waals surface area contributed by atoms with Crippen molar-refractivity contribution in [3.63, 3.8) is 0 Å². The lowest BCUT2D eigenvalue weighted by atomic mass is 10.0. The number of hydrogen-bond acceptors (Lipinski definition) is 4. The third-order valence-corrected chi connectivity index (χ3v) is 5.68. The van der Waals surface area contributed by atoms with Crippen LogP contribution in [0.5, 0.6) is 5.75 Å². The molecule has 4 nitrogen and oxygen atoms in total. The zero-order valence-electron chi connectivity index (χ0n) is 16.7. The van der Waals surface area contributed by atoms with E-state index in [1.807, 2.05) is 30.3 Å². The molecule has 0 fully saturated rings. The Morgan fingerprint density at radius 2 is 1.67 bits per heavy atom. The number of nitrogens with one attached hydrogen (secondary N) is 2. The number of nitrogens with zero attached hydrogens (tertiary/aromatic N) is 1. The van der Waals surface area contributed by atoms with Crippen molar-refractivity contribution in [1.29, 1.82) is 5.26 Å². The predicted molar refractivity (Wildman–Crippen MR) is 121 cm³/mol. The average molecular weight is 418 g/mol. The van der Waals surface area contributed by atoms with Crippen molar-refractivity contribution in [1.82, 2.24) is 5.32 Å². The van der Waals surface area contributed by atoms with Gasteiger partial charge in [-0.15, -0.1) is 0 Å². The minimum atomic E-state index is 0.475. The molecule has 0 aromatic heterocycles. The minimum absolute atomic E-state index is 0.475. The van der Waals surface area contributed by atoms with Crippen molar-refractivity contribution in [2.75, 3.05) is 18.4 Å². The molecule has 0 amide bonds. The van der Waals surface area contributed by atoms with E-state index in [-0.39, 0.29) is 0 Å². The topological polar surface area (TPSA) is 57.1 Å². The molecule has 1 aliphatic rings. The van der Waals surface area contributed by atoms with Crippen molar-refractivity contribution in [2.45, 2.75) is 26.0 Å². The first kappa shape index (κ1) is 20.3. The molecule has 30 heavy (non-hydrogen) atoms. The fraction of sp³-hybridized carbons (Fsp3) is 0.240. The van der Waals surface area contributed by atoms with Gasteiger partial charge in [0, 0.05) is 6.54 Å². The fourth-order valence-corrected chi connectivity index (χ4v) is 3.91. The maximum atomic E-state index is 8.87. The van der Waals surface area contributed by atoms with Crippen LogP contribution < -0.4 is 15.4 Å². The number of benzene rings is 3. The van der Waals surface area contributed by atoms with Gasteiger partial charge in [-0.05, 0) is 78.5 Å². The van der Waals surface area contributed by atoms with E-state index in [2.05, 4.69) is 34.9 Å². The van der Waals surface area contributed by atoms with Gasteiger partial charge in [-0.25, -0.2) is 0 Å². The van der Waals surface area contributed by atoms with Gasteiger partial charge in [-0.1, -0.05) is 41.9 Å². The van der Waals surface area contributed by atoms with E-state index in [1.54, 1.807) is 12.1 Å². The van der Waals surface area contributed by atoms with Gasteiger partial charge in [0.15, 0.2) is 0 Å². The molecule has 4 rings (SSSR count). The molecule has 0 atom stereocenters. The summed E-state index contributed by atoms with van der Waals surface area (Å²) in [6.07, 6.45) is 2.02. The van der Waals surface area contributed by atoms with Crippen LogP contribution >= 0.6 is 11.6 Å². The Labute approximate surface area is 182 Å². The lowest BCUT2D eigenvalue weighted by Gasteiger charge is -2.16. The molecular weight excluding hydrogens is 394 g/mol. The van der Waals surface area contributed by atoms with E-state index >= 15 is 0 Å². The quantitative estimate of drug-likeness (QED) is 0.586. The van der Waals surface area contributed by atoms with Crippen LogP contribution in [0, 0.1) is 11.3 Å². The molecule has 5 heteroatoms. The third kappa shape index (κ3) is 4.94. The van der Waals surface area contributed by atoms with Crippen LogP contribution in [-0.4, -0.2) is 13.1 Å². The van der Waals surface area contributed by atoms with Gasteiger partial charge in [0.1, 0.15) is 12.4 Å². The van der Waals surface area contributed by atoms with Gasteiger partial charge in [0.25, 0.3) is 0 Å². The van der Waals surface area contributed by atoms with Gasteiger partial charge in [-0.2, -0.15) is 5.26 Å². The largest absolute Gasteiger partial charge is 0.489 e. The molecule has 0 saturated carbocycles. The summed E-state index contributed by atoms with van der Waals surface area (Å²) < 4.78 is 5.86. The molecule has 0 radical (unpaired) electrons. The summed E-state index contributed by atoms with van der Waals surface area (Å²) in [5.41, 5.74) is 6.62. The molecule has 1 aliphatic heterocycles. The molecular formula is C25H24ClN3O. The highest BCUT2D eigenvalue weighted by atomic mass is 35.5. The van der Waals surface area contributed by atoms with E-state index in [0.717, 1.165) is 48.0 Å². The number of rotatable bonds is 6. The van der Waals surface area contributed by atoms with E-state index in [4.69, 9.17) is 21.6 Å². The van der Waals surface area contributed by atoms with Crippen LogP contribution in [0.2, 0.25) is 5.02 Å². The van der Waals surface area contributed by atoms with Gasteiger partial charge >= 0.3 is 0 Å². The molecule has 152 valence electrons. The summed E-state index contributed by atoms with van der Waals surface area (Å²) in [4.78, 5) is 0. The first-order valence-electron chi connectivity index (χ1n) is 10.2. The molecule has 0 unspecified atom stereocenters. The molecule has 0 spiro atoms. The van der Waals surface area contributed by atoms with Gasteiger partial charge in [-0.3, -0.25) is 0 Å². The second kappa shape index (κ2) is 9.67. The van der Waals surface area contributed by atoms with Crippen molar-refractivity contribution in [3.05, 3.63) is 93.5 Å². The number of nitriles is 1. The Kier molecular flexibility index (Phi) is 6.53. The highest BCUT2D eigenvalue weighted by molar-refractivity contribution is 6.33. The summed E-state index contributed by atoms with van der Waals surface area (Å²) in [5, 5.41) is 16.6. The lowest BCUT2D eigenvalue weighted by Crippen LogP contribution is -2.16. The normalized spacial score (nSPS) is 13.1. The van der Waals surface area contributed by atoms with E-state index in [9.17, 15) is 0 Å². The standard InChI is InChI=1S/C25H24ClN3O/c26-24-10-7-21-11-13-28-14-12-23(21)25(24)29-16-19-5-8-22(9-6-19)30-17-20-3-1-18(15-27)2-4-20/h1-10,28-29H,11-14,16-17H2. The maximum absolute atomic E-state index is 8.87. The highest BCUT2D eigenvalue weighted by Crippen LogP contribution is 2.31. The van der Waals surface area contributed by atoms with Crippen molar-refractivity contribution < 1.29 is 4.74 Å². The van der Waals surface area contributed by atoms with Crippen molar-refractivity contribution >= 4 is 17.3 Å². The third-order valence-electron chi connectivity index (χ3n) is 5.36. The minimum Gasteiger partial charge on any atom is -0.489 e. The Morgan fingerprint density at radius 1 is 0.933 bits per heavy atom. The monoisotopic (exact) mass is 417 g/mol. The summed E-state index contributed by atoms with van der Waals surface area (Å²) in [6.45, 7) is 3.17. The number of hydrogen-bond donors (Lipinski definition) is 2. The number of anilines is 1. The molecule has 3 aromatic carbocycles. The SMILES string of the molecule is N#Cc1ccc(COc2ccc(CNc3c(Cl)ccc4c3CCNCC4)cc2)cc1. The Hall–Kier alpha value is -3.00. The summed E-state index contributed by atoms with van der Waals surface area (Å²) in [6, 6.07) is 21.8. The van der Waals surface area contributed by atoms with Gasteiger partial charge in [0.05, 0.1) is 22.3 Å². The molecule has 0 aliphatic carbocycles. The summed E-state index contributed by atoms with van der Waals surface area (Å²) >= 11 is 6.50. The summed E-state index contributed by atoms with van der Waals surface area (Å²) in [7, 11) is 0. The second-order valence-electron chi connectivity index (χ2n) is 7.40. The molecule has 0 saturated heterocycles. The van der Waals surface area contributed by atoms with Crippen LogP contribution in [0.15, 0.2) is 60.7 Å².